The largest absolute Gasteiger partial charge is 0.383 e. The van der Waals surface area contributed by atoms with Crippen molar-refractivity contribution in [2.45, 2.75) is 13.0 Å². The molecule has 4 heteroatoms. The minimum atomic E-state index is 0.0683. The molecule has 2 N–H and O–H groups in total. The number of methoxy groups -OCH3 is 1. The molecule has 0 spiro atoms. The first kappa shape index (κ1) is 13.7. The first-order chi connectivity index (χ1) is 8.33. The maximum absolute atomic E-state index is 11.5. The van der Waals surface area contributed by atoms with E-state index in [9.17, 15) is 4.79 Å². The molecule has 0 bridgehead atoms. The number of carbonyl (C=O) groups excluding carboxylic acids is 1. The SMILES string of the molecule is COCCNCCC(=O)NCc1ccccc1. The van der Waals surface area contributed by atoms with Gasteiger partial charge in [-0.15, -0.1) is 0 Å². The van der Waals surface area contributed by atoms with Gasteiger partial charge >= 0.3 is 0 Å². The summed E-state index contributed by atoms with van der Waals surface area (Å²) in [6.45, 7) is 2.73. The summed E-state index contributed by atoms with van der Waals surface area (Å²) >= 11 is 0. The molecular formula is C13H20N2O2. The molecule has 1 rings (SSSR count). The first-order valence-electron chi connectivity index (χ1n) is 5.83. The smallest absolute Gasteiger partial charge is 0.221 e. The number of ether oxygens (including phenoxy) is 1. The topological polar surface area (TPSA) is 50.4 Å². The second-order valence-electron chi connectivity index (χ2n) is 3.76. The molecule has 0 fully saturated rings. The molecule has 0 unspecified atom stereocenters. The molecule has 0 saturated carbocycles. The van der Waals surface area contributed by atoms with E-state index >= 15 is 0 Å². The molecule has 0 aliphatic rings. The van der Waals surface area contributed by atoms with Crippen LogP contribution in [0.1, 0.15) is 12.0 Å². The minimum Gasteiger partial charge on any atom is -0.383 e. The van der Waals surface area contributed by atoms with Crippen LogP contribution in [0.5, 0.6) is 0 Å². The molecule has 0 saturated heterocycles. The zero-order chi connectivity index (χ0) is 12.3. The highest BCUT2D eigenvalue weighted by atomic mass is 16.5. The van der Waals surface area contributed by atoms with Crippen molar-refractivity contribution >= 4 is 5.91 Å². The molecule has 1 amide bonds. The molecule has 0 aliphatic heterocycles. The highest BCUT2D eigenvalue weighted by Gasteiger charge is 2.00. The van der Waals surface area contributed by atoms with Crippen molar-refractivity contribution in [1.82, 2.24) is 10.6 Å². The molecule has 94 valence electrons. The van der Waals surface area contributed by atoms with E-state index in [1.807, 2.05) is 30.3 Å². The van der Waals surface area contributed by atoms with Crippen molar-refractivity contribution in [2.75, 3.05) is 26.8 Å². The fourth-order valence-corrected chi connectivity index (χ4v) is 1.39. The molecule has 0 aromatic heterocycles. The number of rotatable bonds is 8. The fourth-order valence-electron chi connectivity index (χ4n) is 1.39. The Labute approximate surface area is 102 Å². The molecule has 1 aromatic carbocycles. The zero-order valence-corrected chi connectivity index (χ0v) is 10.2. The zero-order valence-electron chi connectivity index (χ0n) is 10.2. The highest BCUT2D eigenvalue weighted by Crippen LogP contribution is 1.97. The summed E-state index contributed by atoms with van der Waals surface area (Å²) in [5, 5.41) is 6.01. The molecular weight excluding hydrogens is 216 g/mol. The van der Waals surface area contributed by atoms with Gasteiger partial charge in [0.25, 0.3) is 0 Å². The Hall–Kier alpha value is -1.39. The Morgan fingerprint density at radius 1 is 1.24 bits per heavy atom. The van der Waals surface area contributed by atoms with Crippen LogP contribution in [-0.2, 0) is 16.1 Å². The van der Waals surface area contributed by atoms with E-state index in [1.54, 1.807) is 7.11 Å². The van der Waals surface area contributed by atoms with Crippen molar-refractivity contribution < 1.29 is 9.53 Å². The summed E-state index contributed by atoms with van der Waals surface area (Å²) in [4.78, 5) is 11.5. The Kier molecular flexibility index (Phi) is 7.02. The van der Waals surface area contributed by atoms with Crippen LogP contribution in [0.4, 0.5) is 0 Å². The standard InChI is InChI=1S/C13H20N2O2/c1-17-10-9-14-8-7-13(16)15-11-12-5-3-2-4-6-12/h2-6,14H,7-11H2,1H3,(H,15,16). The van der Waals surface area contributed by atoms with Crippen LogP contribution >= 0.6 is 0 Å². The maximum atomic E-state index is 11.5. The van der Waals surface area contributed by atoms with E-state index < -0.39 is 0 Å². The summed E-state index contributed by atoms with van der Waals surface area (Å²) < 4.78 is 4.89. The third-order valence-corrected chi connectivity index (χ3v) is 2.34. The van der Waals surface area contributed by atoms with Crippen LogP contribution in [0, 0.1) is 0 Å². The summed E-state index contributed by atoms with van der Waals surface area (Å²) in [6, 6.07) is 9.89. The van der Waals surface area contributed by atoms with Crippen LogP contribution in [0.2, 0.25) is 0 Å². The number of benzene rings is 1. The van der Waals surface area contributed by atoms with Crippen molar-refractivity contribution in [2.24, 2.45) is 0 Å². The number of hydrogen-bond acceptors (Lipinski definition) is 3. The van der Waals surface area contributed by atoms with Crippen LogP contribution in [-0.4, -0.2) is 32.7 Å². The van der Waals surface area contributed by atoms with Crippen LogP contribution < -0.4 is 10.6 Å². The molecule has 0 aliphatic carbocycles. The summed E-state index contributed by atoms with van der Waals surface area (Å²) in [6.07, 6.45) is 0.497. The number of hydrogen-bond donors (Lipinski definition) is 2. The maximum Gasteiger partial charge on any atom is 0.221 e. The van der Waals surface area contributed by atoms with E-state index in [0.29, 0.717) is 26.1 Å². The van der Waals surface area contributed by atoms with Gasteiger partial charge < -0.3 is 15.4 Å². The van der Waals surface area contributed by atoms with E-state index in [0.717, 1.165) is 12.1 Å². The Morgan fingerprint density at radius 2 is 2.00 bits per heavy atom. The quantitative estimate of drug-likeness (QED) is 0.660. The molecule has 4 nitrogen and oxygen atoms in total. The first-order valence-corrected chi connectivity index (χ1v) is 5.83. The molecule has 17 heavy (non-hydrogen) atoms. The van der Waals surface area contributed by atoms with Crippen LogP contribution in [0.15, 0.2) is 30.3 Å². The van der Waals surface area contributed by atoms with Gasteiger partial charge in [0.2, 0.25) is 5.91 Å². The third kappa shape index (κ3) is 6.71. The predicted octanol–water partition coefficient (Wildman–Crippen LogP) is 0.929. The van der Waals surface area contributed by atoms with Gasteiger partial charge in [-0.3, -0.25) is 4.79 Å². The van der Waals surface area contributed by atoms with Gasteiger partial charge in [0.1, 0.15) is 0 Å². The number of carbonyl (C=O) groups is 1. The van der Waals surface area contributed by atoms with Gasteiger partial charge in [-0.05, 0) is 5.56 Å². The predicted molar refractivity (Wildman–Crippen MR) is 67.7 cm³/mol. The second kappa shape index (κ2) is 8.73. The molecule has 0 heterocycles. The van der Waals surface area contributed by atoms with Crippen molar-refractivity contribution in [3.63, 3.8) is 0 Å². The lowest BCUT2D eigenvalue weighted by molar-refractivity contribution is -0.121. The van der Waals surface area contributed by atoms with Gasteiger partial charge in [-0.2, -0.15) is 0 Å². The normalized spacial score (nSPS) is 10.2. The third-order valence-electron chi connectivity index (χ3n) is 2.34. The summed E-state index contributed by atoms with van der Waals surface area (Å²) in [5.74, 6) is 0.0683. The second-order valence-corrected chi connectivity index (χ2v) is 3.76. The lowest BCUT2D eigenvalue weighted by Crippen LogP contribution is -2.28. The lowest BCUT2D eigenvalue weighted by Gasteiger charge is -2.06. The number of amides is 1. The van der Waals surface area contributed by atoms with Gasteiger partial charge in [-0.25, -0.2) is 0 Å². The lowest BCUT2D eigenvalue weighted by atomic mass is 10.2. The van der Waals surface area contributed by atoms with E-state index in [4.69, 9.17) is 4.74 Å². The summed E-state index contributed by atoms with van der Waals surface area (Å²) in [7, 11) is 1.66. The van der Waals surface area contributed by atoms with Gasteiger partial charge in [0.15, 0.2) is 0 Å². The van der Waals surface area contributed by atoms with Crippen LogP contribution in [0.3, 0.4) is 0 Å². The van der Waals surface area contributed by atoms with Gasteiger partial charge in [-0.1, -0.05) is 30.3 Å². The van der Waals surface area contributed by atoms with E-state index in [2.05, 4.69) is 10.6 Å². The Bertz CT molecular complexity index is 314. The monoisotopic (exact) mass is 236 g/mol. The molecule has 0 atom stereocenters. The average Bonchev–Trinajstić information content (AvgIpc) is 2.37. The summed E-state index contributed by atoms with van der Waals surface area (Å²) in [5.41, 5.74) is 1.12. The van der Waals surface area contributed by atoms with E-state index in [-0.39, 0.29) is 5.91 Å². The fraction of sp³-hybridized carbons (Fsp3) is 0.462. The Morgan fingerprint density at radius 3 is 2.71 bits per heavy atom. The van der Waals surface area contributed by atoms with E-state index in [1.165, 1.54) is 0 Å². The van der Waals surface area contributed by atoms with Crippen molar-refractivity contribution in [3.8, 4) is 0 Å². The van der Waals surface area contributed by atoms with Gasteiger partial charge in [0, 0.05) is 33.2 Å². The van der Waals surface area contributed by atoms with Crippen molar-refractivity contribution in [1.29, 1.82) is 0 Å². The molecule has 1 aromatic rings. The molecule has 0 radical (unpaired) electrons. The van der Waals surface area contributed by atoms with Crippen molar-refractivity contribution in [3.05, 3.63) is 35.9 Å². The average molecular weight is 236 g/mol. The minimum absolute atomic E-state index is 0.0683. The van der Waals surface area contributed by atoms with Crippen LogP contribution in [0.25, 0.3) is 0 Å². The Balaban J connectivity index is 2.05. The number of nitrogens with one attached hydrogen (secondary N) is 2. The van der Waals surface area contributed by atoms with Gasteiger partial charge in [0.05, 0.1) is 6.61 Å². The highest BCUT2D eigenvalue weighted by molar-refractivity contribution is 5.76.